The van der Waals surface area contributed by atoms with Crippen molar-refractivity contribution in [3.8, 4) is 5.88 Å². The number of fused-ring (bicyclic) bond motifs is 2. The Balaban J connectivity index is 1.55. The smallest absolute Gasteiger partial charge is 0.275 e. The predicted molar refractivity (Wildman–Crippen MR) is 109 cm³/mol. The molecule has 0 bridgehead atoms. The number of ether oxygens (including phenoxy) is 1. The van der Waals surface area contributed by atoms with Gasteiger partial charge in [0.05, 0.1) is 23.6 Å². The van der Waals surface area contributed by atoms with Crippen molar-refractivity contribution < 1.29 is 9.53 Å². The lowest BCUT2D eigenvalue weighted by atomic mass is 10.0. The van der Waals surface area contributed by atoms with Crippen molar-refractivity contribution in [3.05, 3.63) is 45.2 Å². The van der Waals surface area contributed by atoms with Gasteiger partial charge >= 0.3 is 0 Å². The van der Waals surface area contributed by atoms with Gasteiger partial charge in [-0.05, 0) is 37.8 Å². The Labute approximate surface area is 166 Å². The maximum absolute atomic E-state index is 12.7. The molecule has 0 spiro atoms. The van der Waals surface area contributed by atoms with Crippen LogP contribution in [0.4, 0.5) is 5.13 Å². The van der Waals surface area contributed by atoms with E-state index in [1.54, 1.807) is 18.2 Å². The Morgan fingerprint density at radius 1 is 1.18 bits per heavy atom. The molecule has 1 N–H and O–H groups in total. The number of amides is 1. The van der Waals surface area contributed by atoms with Gasteiger partial charge in [0.2, 0.25) is 11.8 Å². The van der Waals surface area contributed by atoms with Crippen molar-refractivity contribution in [3.63, 3.8) is 0 Å². The Bertz CT molecular complexity index is 1050. The molecule has 1 aromatic carbocycles. The fourth-order valence-corrected chi connectivity index (χ4v) is 4.58. The number of anilines is 1. The number of thiazole rings is 1. The zero-order valence-electron chi connectivity index (χ0n) is 15.7. The summed E-state index contributed by atoms with van der Waals surface area (Å²) in [4.78, 5) is 31.1. The van der Waals surface area contributed by atoms with Crippen molar-refractivity contribution in [1.82, 2.24) is 14.8 Å². The number of nitrogens with zero attached hydrogens (tertiary/aromatic N) is 3. The van der Waals surface area contributed by atoms with E-state index in [1.807, 2.05) is 6.07 Å². The van der Waals surface area contributed by atoms with Gasteiger partial charge in [0.15, 0.2) is 5.13 Å². The maximum Gasteiger partial charge on any atom is 0.275 e. The standard InChI is InChI=1S/C20H22N4O3S/c1-27-18-13-8-6-7-9-14(13)19(26)24(23-18)12-17(25)22-20-21-15-10-4-2-3-5-11-16(15)28-20/h6-9H,2-5,10-12H2,1H3,(H,21,22,25). The van der Waals surface area contributed by atoms with Gasteiger partial charge in [0.25, 0.3) is 5.56 Å². The summed E-state index contributed by atoms with van der Waals surface area (Å²) in [6.45, 7) is -0.190. The largest absolute Gasteiger partial charge is 0.480 e. The second-order valence-electron chi connectivity index (χ2n) is 6.87. The summed E-state index contributed by atoms with van der Waals surface area (Å²) in [6.07, 6.45) is 6.77. The molecule has 2 aromatic heterocycles. The summed E-state index contributed by atoms with van der Waals surface area (Å²) in [7, 11) is 1.49. The van der Waals surface area contributed by atoms with Crippen molar-refractivity contribution in [2.24, 2.45) is 0 Å². The third-order valence-electron chi connectivity index (χ3n) is 4.91. The fourth-order valence-electron chi connectivity index (χ4n) is 3.52. The van der Waals surface area contributed by atoms with Crippen LogP contribution < -0.4 is 15.6 Å². The third-order valence-corrected chi connectivity index (χ3v) is 5.99. The van der Waals surface area contributed by atoms with Gasteiger partial charge < -0.3 is 10.1 Å². The minimum Gasteiger partial charge on any atom is -0.480 e. The molecular formula is C20H22N4O3S. The summed E-state index contributed by atoms with van der Waals surface area (Å²) < 4.78 is 6.43. The molecule has 0 saturated heterocycles. The van der Waals surface area contributed by atoms with Crippen molar-refractivity contribution >= 4 is 33.1 Å². The van der Waals surface area contributed by atoms with Crippen LogP contribution in [0, 0.1) is 0 Å². The fraction of sp³-hybridized carbons (Fsp3) is 0.400. The number of benzene rings is 1. The summed E-state index contributed by atoms with van der Waals surface area (Å²) in [6, 6.07) is 7.08. The van der Waals surface area contributed by atoms with Gasteiger partial charge in [0, 0.05) is 4.88 Å². The highest BCUT2D eigenvalue weighted by atomic mass is 32.1. The minimum atomic E-state index is -0.325. The van der Waals surface area contributed by atoms with Gasteiger partial charge in [-0.3, -0.25) is 9.59 Å². The van der Waals surface area contributed by atoms with E-state index in [2.05, 4.69) is 15.4 Å². The van der Waals surface area contributed by atoms with E-state index < -0.39 is 0 Å². The quantitative estimate of drug-likeness (QED) is 0.730. The summed E-state index contributed by atoms with van der Waals surface area (Å²) >= 11 is 1.54. The van der Waals surface area contributed by atoms with Crippen LogP contribution in [-0.4, -0.2) is 27.8 Å². The zero-order valence-corrected chi connectivity index (χ0v) is 16.6. The lowest BCUT2D eigenvalue weighted by Gasteiger charge is -2.09. The van der Waals surface area contributed by atoms with Crippen LogP contribution in [0.25, 0.3) is 10.8 Å². The Hall–Kier alpha value is -2.74. The predicted octanol–water partition coefficient (Wildman–Crippen LogP) is 3.16. The molecule has 0 radical (unpaired) electrons. The molecule has 1 aliphatic carbocycles. The monoisotopic (exact) mass is 398 g/mol. The number of hydrogen-bond acceptors (Lipinski definition) is 6. The number of hydrogen-bond donors (Lipinski definition) is 1. The van der Waals surface area contributed by atoms with Crippen LogP contribution in [-0.2, 0) is 24.2 Å². The van der Waals surface area contributed by atoms with Crippen LogP contribution in [0.2, 0.25) is 0 Å². The molecule has 1 amide bonds. The molecule has 0 saturated carbocycles. The number of aromatic nitrogens is 3. The molecule has 0 atom stereocenters. The molecule has 0 unspecified atom stereocenters. The topological polar surface area (TPSA) is 86.1 Å². The average molecular weight is 398 g/mol. The van der Waals surface area contributed by atoms with Crippen LogP contribution in [0.1, 0.15) is 36.3 Å². The van der Waals surface area contributed by atoms with E-state index in [4.69, 9.17) is 4.74 Å². The number of methoxy groups -OCH3 is 1. The lowest BCUT2D eigenvalue weighted by Crippen LogP contribution is -2.30. The number of carbonyl (C=O) groups excluding carboxylic acids is 1. The molecule has 0 fully saturated rings. The van der Waals surface area contributed by atoms with Crippen LogP contribution in [0.15, 0.2) is 29.1 Å². The van der Waals surface area contributed by atoms with E-state index in [-0.39, 0.29) is 18.0 Å². The van der Waals surface area contributed by atoms with Crippen molar-refractivity contribution in [2.45, 2.75) is 45.1 Å². The number of nitrogens with one attached hydrogen (secondary N) is 1. The Kier molecular flexibility index (Phi) is 5.38. The minimum absolute atomic E-state index is 0.190. The highest BCUT2D eigenvalue weighted by Crippen LogP contribution is 2.28. The summed E-state index contributed by atoms with van der Waals surface area (Å²) in [5.74, 6) is -0.00568. The van der Waals surface area contributed by atoms with E-state index in [0.717, 1.165) is 29.6 Å². The first kappa shape index (κ1) is 18.6. The Morgan fingerprint density at radius 3 is 2.71 bits per heavy atom. The molecule has 146 valence electrons. The molecule has 8 heteroatoms. The average Bonchev–Trinajstić information content (AvgIpc) is 3.04. The zero-order chi connectivity index (χ0) is 19.5. The maximum atomic E-state index is 12.7. The van der Waals surface area contributed by atoms with Gasteiger partial charge in [-0.15, -0.1) is 16.4 Å². The second-order valence-corrected chi connectivity index (χ2v) is 7.95. The molecule has 7 nitrogen and oxygen atoms in total. The first-order valence-corrected chi connectivity index (χ1v) is 10.3. The summed E-state index contributed by atoms with van der Waals surface area (Å²) in [5, 5.41) is 8.72. The molecule has 0 aliphatic heterocycles. The first-order chi connectivity index (χ1) is 13.7. The highest BCUT2D eigenvalue weighted by Gasteiger charge is 2.17. The number of aryl methyl sites for hydroxylation is 2. The van der Waals surface area contributed by atoms with Crippen molar-refractivity contribution in [1.29, 1.82) is 0 Å². The molecule has 2 heterocycles. The van der Waals surface area contributed by atoms with E-state index in [0.29, 0.717) is 21.8 Å². The molecule has 28 heavy (non-hydrogen) atoms. The van der Waals surface area contributed by atoms with Gasteiger partial charge in [-0.2, -0.15) is 0 Å². The van der Waals surface area contributed by atoms with E-state index in [1.165, 1.54) is 42.6 Å². The van der Waals surface area contributed by atoms with Gasteiger partial charge in [0.1, 0.15) is 6.54 Å². The van der Waals surface area contributed by atoms with Crippen LogP contribution in [0.5, 0.6) is 5.88 Å². The van der Waals surface area contributed by atoms with E-state index >= 15 is 0 Å². The number of carbonyl (C=O) groups is 1. The Morgan fingerprint density at radius 2 is 1.93 bits per heavy atom. The molecule has 1 aliphatic rings. The second kappa shape index (κ2) is 8.10. The van der Waals surface area contributed by atoms with Crippen LogP contribution >= 0.6 is 11.3 Å². The molecule has 3 aromatic rings. The molecule has 4 rings (SSSR count). The highest BCUT2D eigenvalue weighted by molar-refractivity contribution is 7.15. The molecular weight excluding hydrogens is 376 g/mol. The third kappa shape index (κ3) is 3.77. The van der Waals surface area contributed by atoms with Gasteiger partial charge in [-0.25, -0.2) is 9.67 Å². The van der Waals surface area contributed by atoms with E-state index in [9.17, 15) is 9.59 Å². The summed E-state index contributed by atoms with van der Waals surface area (Å²) in [5.41, 5.74) is 0.778. The SMILES string of the molecule is COc1nn(CC(=O)Nc2nc3c(s2)CCCCCC3)c(=O)c2ccccc12. The number of rotatable bonds is 4. The van der Waals surface area contributed by atoms with Gasteiger partial charge in [-0.1, -0.05) is 25.0 Å². The van der Waals surface area contributed by atoms with Crippen molar-refractivity contribution in [2.75, 3.05) is 12.4 Å². The normalized spacial score (nSPS) is 14.2. The van der Waals surface area contributed by atoms with Crippen LogP contribution in [0.3, 0.4) is 0 Å². The lowest BCUT2D eigenvalue weighted by molar-refractivity contribution is -0.117. The first-order valence-electron chi connectivity index (χ1n) is 9.48.